The van der Waals surface area contributed by atoms with E-state index in [9.17, 15) is 4.79 Å². The average molecular weight is 200 g/mol. The molecule has 0 radical (unpaired) electrons. The maximum absolute atomic E-state index is 11.7. The quantitative estimate of drug-likeness (QED) is 0.635. The van der Waals surface area contributed by atoms with Crippen LogP contribution in [0.5, 0.6) is 0 Å². The fourth-order valence-electron chi connectivity index (χ4n) is 1.55. The molecule has 0 aromatic heterocycles. The van der Waals surface area contributed by atoms with Crippen LogP contribution in [0.15, 0.2) is 0 Å². The van der Waals surface area contributed by atoms with Crippen molar-refractivity contribution in [3.8, 4) is 0 Å². The Bertz CT molecular complexity index is 222. The SMILES string of the molecule is O=C(NC1(CO)CC1)N1CCOCC1. The van der Waals surface area contributed by atoms with Crippen molar-refractivity contribution >= 4 is 6.03 Å². The number of hydrogen-bond donors (Lipinski definition) is 2. The first-order valence-electron chi connectivity index (χ1n) is 5.01. The molecule has 1 aliphatic carbocycles. The Balaban J connectivity index is 1.82. The number of ether oxygens (including phenoxy) is 1. The second kappa shape index (κ2) is 3.74. The smallest absolute Gasteiger partial charge is 0.318 e. The summed E-state index contributed by atoms with van der Waals surface area (Å²) in [5, 5.41) is 11.9. The van der Waals surface area contributed by atoms with Crippen molar-refractivity contribution in [2.45, 2.75) is 18.4 Å². The summed E-state index contributed by atoms with van der Waals surface area (Å²) < 4.78 is 5.15. The lowest BCUT2D eigenvalue weighted by Gasteiger charge is -2.28. The van der Waals surface area contributed by atoms with Gasteiger partial charge < -0.3 is 20.1 Å². The Hall–Kier alpha value is -0.810. The molecular formula is C9H16N2O3. The van der Waals surface area contributed by atoms with Gasteiger partial charge in [-0.25, -0.2) is 4.79 Å². The van der Waals surface area contributed by atoms with Crippen LogP contribution < -0.4 is 5.32 Å². The number of carbonyl (C=O) groups is 1. The van der Waals surface area contributed by atoms with E-state index in [4.69, 9.17) is 9.84 Å². The monoisotopic (exact) mass is 200 g/mol. The van der Waals surface area contributed by atoms with Crippen LogP contribution in [0.25, 0.3) is 0 Å². The summed E-state index contributed by atoms with van der Waals surface area (Å²) in [6.45, 7) is 2.56. The van der Waals surface area contributed by atoms with E-state index in [1.54, 1.807) is 4.90 Å². The highest BCUT2D eigenvalue weighted by molar-refractivity contribution is 5.75. The number of aliphatic hydroxyl groups excluding tert-OH is 1. The van der Waals surface area contributed by atoms with Crippen molar-refractivity contribution in [2.75, 3.05) is 32.9 Å². The molecule has 2 rings (SSSR count). The Morgan fingerprint density at radius 2 is 2.07 bits per heavy atom. The Morgan fingerprint density at radius 1 is 1.43 bits per heavy atom. The van der Waals surface area contributed by atoms with E-state index in [1.165, 1.54) is 0 Å². The molecule has 2 fully saturated rings. The van der Waals surface area contributed by atoms with Crippen molar-refractivity contribution in [3.63, 3.8) is 0 Å². The molecule has 2 amide bonds. The molecule has 1 saturated heterocycles. The molecule has 1 aliphatic heterocycles. The molecular weight excluding hydrogens is 184 g/mol. The molecule has 0 atom stereocenters. The van der Waals surface area contributed by atoms with E-state index in [2.05, 4.69) is 5.32 Å². The molecule has 0 aromatic carbocycles. The second-order valence-electron chi connectivity index (χ2n) is 3.97. The first kappa shape index (κ1) is 9.73. The normalized spacial score (nSPS) is 24.5. The number of nitrogens with one attached hydrogen (secondary N) is 1. The molecule has 5 nitrogen and oxygen atoms in total. The minimum atomic E-state index is -0.310. The summed E-state index contributed by atoms with van der Waals surface area (Å²) in [6, 6.07) is -0.0696. The van der Waals surface area contributed by atoms with E-state index >= 15 is 0 Å². The van der Waals surface area contributed by atoms with Crippen LogP contribution in [0.4, 0.5) is 4.79 Å². The zero-order valence-electron chi connectivity index (χ0n) is 8.16. The van der Waals surface area contributed by atoms with Crippen LogP contribution in [0.3, 0.4) is 0 Å². The van der Waals surface area contributed by atoms with Gasteiger partial charge in [0.1, 0.15) is 0 Å². The predicted molar refractivity (Wildman–Crippen MR) is 50.0 cm³/mol. The molecule has 2 aliphatic rings. The first-order valence-corrected chi connectivity index (χ1v) is 5.01. The molecule has 1 heterocycles. The number of nitrogens with zero attached hydrogens (tertiary/aromatic N) is 1. The number of carbonyl (C=O) groups excluding carboxylic acids is 1. The lowest BCUT2D eigenvalue weighted by molar-refractivity contribution is 0.0514. The highest BCUT2D eigenvalue weighted by atomic mass is 16.5. The molecule has 14 heavy (non-hydrogen) atoms. The van der Waals surface area contributed by atoms with Gasteiger partial charge in [-0.2, -0.15) is 0 Å². The molecule has 0 bridgehead atoms. The van der Waals surface area contributed by atoms with E-state index in [0.29, 0.717) is 26.3 Å². The average Bonchev–Trinajstić information content (AvgIpc) is 3.00. The van der Waals surface area contributed by atoms with Gasteiger partial charge in [0.2, 0.25) is 0 Å². The van der Waals surface area contributed by atoms with Crippen LogP contribution in [-0.2, 0) is 4.74 Å². The second-order valence-corrected chi connectivity index (χ2v) is 3.97. The summed E-state index contributed by atoms with van der Waals surface area (Å²) in [6.07, 6.45) is 1.78. The van der Waals surface area contributed by atoms with Gasteiger partial charge in [0.05, 0.1) is 25.4 Å². The van der Waals surface area contributed by atoms with E-state index in [-0.39, 0.29) is 18.2 Å². The maximum atomic E-state index is 11.7. The van der Waals surface area contributed by atoms with Gasteiger partial charge in [0.15, 0.2) is 0 Å². The van der Waals surface area contributed by atoms with Crippen molar-refractivity contribution < 1.29 is 14.6 Å². The molecule has 0 unspecified atom stereocenters. The van der Waals surface area contributed by atoms with Crippen LogP contribution in [0.2, 0.25) is 0 Å². The third kappa shape index (κ3) is 1.99. The molecule has 0 aromatic rings. The van der Waals surface area contributed by atoms with Crippen molar-refractivity contribution in [1.29, 1.82) is 0 Å². The van der Waals surface area contributed by atoms with E-state index in [1.807, 2.05) is 0 Å². The van der Waals surface area contributed by atoms with Crippen LogP contribution >= 0.6 is 0 Å². The maximum Gasteiger partial charge on any atom is 0.318 e. The van der Waals surface area contributed by atoms with Gasteiger partial charge in [-0.3, -0.25) is 0 Å². The molecule has 0 spiro atoms. The lowest BCUT2D eigenvalue weighted by Crippen LogP contribution is -2.51. The molecule has 5 heteroatoms. The van der Waals surface area contributed by atoms with Gasteiger partial charge in [0.25, 0.3) is 0 Å². The standard InChI is InChI=1S/C9H16N2O3/c12-7-9(1-2-9)10-8(13)11-3-5-14-6-4-11/h12H,1-7H2,(H,10,13). The summed E-state index contributed by atoms with van der Waals surface area (Å²) in [4.78, 5) is 13.4. The Labute approximate surface area is 83.0 Å². The summed E-state index contributed by atoms with van der Waals surface area (Å²) in [7, 11) is 0. The van der Waals surface area contributed by atoms with Crippen molar-refractivity contribution in [1.82, 2.24) is 10.2 Å². The minimum Gasteiger partial charge on any atom is -0.394 e. The number of hydrogen-bond acceptors (Lipinski definition) is 3. The van der Waals surface area contributed by atoms with Gasteiger partial charge in [-0.1, -0.05) is 0 Å². The third-order valence-corrected chi connectivity index (χ3v) is 2.83. The van der Waals surface area contributed by atoms with Crippen LogP contribution in [0, 0.1) is 0 Å². The molecule has 2 N–H and O–H groups in total. The highest BCUT2D eigenvalue weighted by Gasteiger charge is 2.44. The number of morpholine rings is 1. The largest absolute Gasteiger partial charge is 0.394 e. The number of aliphatic hydroxyl groups is 1. The molecule has 1 saturated carbocycles. The predicted octanol–water partition coefficient (Wildman–Crippen LogP) is -0.447. The Kier molecular flexibility index (Phi) is 2.60. The lowest BCUT2D eigenvalue weighted by atomic mass is 10.3. The topological polar surface area (TPSA) is 61.8 Å². The van der Waals surface area contributed by atoms with Gasteiger partial charge in [0, 0.05) is 13.1 Å². The van der Waals surface area contributed by atoms with E-state index < -0.39 is 0 Å². The summed E-state index contributed by atoms with van der Waals surface area (Å²) in [5.41, 5.74) is -0.310. The molecule has 80 valence electrons. The number of urea groups is 1. The Morgan fingerprint density at radius 3 is 2.57 bits per heavy atom. The first-order chi connectivity index (χ1) is 6.76. The van der Waals surface area contributed by atoms with Gasteiger partial charge >= 0.3 is 6.03 Å². The summed E-state index contributed by atoms with van der Waals surface area (Å²) in [5.74, 6) is 0. The van der Waals surface area contributed by atoms with Crippen LogP contribution in [-0.4, -0.2) is 54.5 Å². The van der Waals surface area contributed by atoms with E-state index in [0.717, 1.165) is 12.8 Å². The fraction of sp³-hybridized carbons (Fsp3) is 0.889. The number of amides is 2. The van der Waals surface area contributed by atoms with Crippen molar-refractivity contribution in [3.05, 3.63) is 0 Å². The zero-order valence-corrected chi connectivity index (χ0v) is 8.16. The minimum absolute atomic E-state index is 0.0447. The van der Waals surface area contributed by atoms with Crippen molar-refractivity contribution in [2.24, 2.45) is 0 Å². The fourth-order valence-corrected chi connectivity index (χ4v) is 1.55. The number of rotatable bonds is 2. The third-order valence-electron chi connectivity index (χ3n) is 2.83. The van der Waals surface area contributed by atoms with Gasteiger partial charge in [-0.15, -0.1) is 0 Å². The van der Waals surface area contributed by atoms with Gasteiger partial charge in [-0.05, 0) is 12.8 Å². The zero-order chi connectivity index (χ0) is 10.0. The van der Waals surface area contributed by atoms with Crippen LogP contribution in [0.1, 0.15) is 12.8 Å². The highest BCUT2D eigenvalue weighted by Crippen LogP contribution is 2.34. The summed E-state index contributed by atoms with van der Waals surface area (Å²) >= 11 is 0.